The average Bonchev–Trinajstić information content (AvgIpc) is 2.68. The molecule has 120 valence electrons. The van der Waals surface area contributed by atoms with E-state index in [1.54, 1.807) is 0 Å². The summed E-state index contributed by atoms with van der Waals surface area (Å²) >= 11 is 0. The SMILES string of the molecule is CCC1CCCCCN1CC(CC)(CC)CNC(C)C. The van der Waals surface area contributed by atoms with Crippen LogP contribution in [0, 0.1) is 5.41 Å². The molecule has 1 atom stereocenters. The number of likely N-dealkylation sites (tertiary alicyclic amines) is 1. The van der Waals surface area contributed by atoms with Crippen molar-refractivity contribution in [2.24, 2.45) is 5.41 Å². The van der Waals surface area contributed by atoms with Crippen LogP contribution in [0.25, 0.3) is 0 Å². The van der Waals surface area contributed by atoms with E-state index in [1.807, 2.05) is 0 Å². The minimum absolute atomic E-state index is 0.460. The van der Waals surface area contributed by atoms with Crippen LogP contribution >= 0.6 is 0 Å². The van der Waals surface area contributed by atoms with Crippen molar-refractivity contribution in [2.75, 3.05) is 19.6 Å². The highest BCUT2D eigenvalue weighted by molar-refractivity contribution is 4.86. The Balaban J connectivity index is 2.70. The zero-order valence-electron chi connectivity index (χ0n) is 14.7. The van der Waals surface area contributed by atoms with Crippen LogP contribution in [-0.2, 0) is 0 Å². The predicted molar refractivity (Wildman–Crippen MR) is 90.3 cm³/mol. The highest BCUT2D eigenvalue weighted by Crippen LogP contribution is 2.30. The van der Waals surface area contributed by atoms with Crippen LogP contribution in [0.3, 0.4) is 0 Å². The molecule has 1 N–H and O–H groups in total. The number of hydrogen-bond donors (Lipinski definition) is 1. The third kappa shape index (κ3) is 5.37. The maximum atomic E-state index is 3.70. The van der Waals surface area contributed by atoms with Gasteiger partial charge in [-0.2, -0.15) is 0 Å². The van der Waals surface area contributed by atoms with Crippen LogP contribution in [0.4, 0.5) is 0 Å². The Morgan fingerprint density at radius 3 is 2.35 bits per heavy atom. The second kappa shape index (κ2) is 9.04. The summed E-state index contributed by atoms with van der Waals surface area (Å²) in [6, 6.07) is 1.42. The summed E-state index contributed by atoms with van der Waals surface area (Å²) in [6.45, 7) is 15.4. The molecule has 1 rings (SSSR count). The summed E-state index contributed by atoms with van der Waals surface area (Å²) in [5, 5.41) is 3.70. The van der Waals surface area contributed by atoms with Gasteiger partial charge in [-0.3, -0.25) is 4.90 Å². The van der Waals surface area contributed by atoms with Crippen molar-refractivity contribution in [3.8, 4) is 0 Å². The number of nitrogens with one attached hydrogen (secondary N) is 1. The first-order chi connectivity index (χ1) is 9.56. The summed E-state index contributed by atoms with van der Waals surface area (Å²) in [5.74, 6) is 0. The van der Waals surface area contributed by atoms with Gasteiger partial charge in [-0.15, -0.1) is 0 Å². The first kappa shape index (κ1) is 18.0. The number of hydrogen-bond acceptors (Lipinski definition) is 2. The highest BCUT2D eigenvalue weighted by atomic mass is 15.2. The van der Waals surface area contributed by atoms with Crippen LogP contribution in [0.1, 0.15) is 79.6 Å². The van der Waals surface area contributed by atoms with Crippen LogP contribution < -0.4 is 5.32 Å². The molecule has 1 fully saturated rings. The molecule has 2 nitrogen and oxygen atoms in total. The van der Waals surface area contributed by atoms with Gasteiger partial charge >= 0.3 is 0 Å². The molecule has 1 unspecified atom stereocenters. The molecular formula is C18H38N2. The lowest BCUT2D eigenvalue weighted by Gasteiger charge is -2.41. The van der Waals surface area contributed by atoms with Crippen molar-refractivity contribution in [1.29, 1.82) is 0 Å². The van der Waals surface area contributed by atoms with Crippen LogP contribution in [0.15, 0.2) is 0 Å². The van der Waals surface area contributed by atoms with Gasteiger partial charge in [0.25, 0.3) is 0 Å². The van der Waals surface area contributed by atoms with Gasteiger partial charge in [-0.05, 0) is 44.1 Å². The van der Waals surface area contributed by atoms with E-state index >= 15 is 0 Å². The Bertz CT molecular complexity index is 246. The lowest BCUT2D eigenvalue weighted by atomic mass is 9.81. The molecule has 2 heteroatoms. The van der Waals surface area contributed by atoms with E-state index in [0.29, 0.717) is 11.5 Å². The monoisotopic (exact) mass is 282 g/mol. The van der Waals surface area contributed by atoms with Crippen LogP contribution in [0.5, 0.6) is 0 Å². The number of nitrogens with zero attached hydrogens (tertiary/aromatic N) is 1. The van der Waals surface area contributed by atoms with Crippen molar-refractivity contribution in [3.63, 3.8) is 0 Å². The van der Waals surface area contributed by atoms with Crippen molar-refractivity contribution in [1.82, 2.24) is 10.2 Å². The number of rotatable bonds is 8. The van der Waals surface area contributed by atoms with Crippen LogP contribution in [-0.4, -0.2) is 36.6 Å². The van der Waals surface area contributed by atoms with E-state index in [9.17, 15) is 0 Å². The van der Waals surface area contributed by atoms with Crippen molar-refractivity contribution in [2.45, 2.75) is 91.6 Å². The quantitative estimate of drug-likeness (QED) is 0.708. The molecule has 0 spiro atoms. The topological polar surface area (TPSA) is 15.3 Å². The molecule has 1 aliphatic heterocycles. The summed E-state index contributed by atoms with van der Waals surface area (Å²) in [7, 11) is 0. The summed E-state index contributed by atoms with van der Waals surface area (Å²) < 4.78 is 0. The molecule has 20 heavy (non-hydrogen) atoms. The summed E-state index contributed by atoms with van der Waals surface area (Å²) in [4.78, 5) is 2.82. The van der Waals surface area contributed by atoms with Gasteiger partial charge < -0.3 is 5.32 Å². The fraction of sp³-hybridized carbons (Fsp3) is 1.00. The first-order valence-electron chi connectivity index (χ1n) is 9.04. The molecule has 0 amide bonds. The minimum atomic E-state index is 0.460. The normalized spacial score (nSPS) is 22.2. The smallest absolute Gasteiger partial charge is 0.00928 e. The van der Waals surface area contributed by atoms with Crippen molar-refractivity contribution < 1.29 is 0 Å². The van der Waals surface area contributed by atoms with Gasteiger partial charge in [-0.25, -0.2) is 0 Å². The fourth-order valence-corrected chi connectivity index (χ4v) is 3.54. The second-order valence-corrected chi connectivity index (χ2v) is 7.12. The maximum Gasteiger partial charge on any atom is 0.00928 e. The Kier molecular flexibility index (Phi) is 8.13. The molecule has 0 aromatic carbocycles. The summed E-state index contributed by atoms with van der Waals surface area (Å²) in [6.07, 6.45) is 9.58. The Hall–Kier alpha value is -0.0800. The van der Waals surface area contributed by atoms with Gasteiger partial charge in [0.2, 0.25) is 0 Å². The molecule has 0 saturated carbocycles. The molecule has 1 heterocycles. The Morgan fingerprint density at radius 2 is 1.80 bits per heavy atom. The molecule has 0 aromatic heterocycles. The summed E-state index contributed by atoms with van der Waals surface area (Å²) in [5.41, 5.74) is 0.460. The Labute approximate surface area is 127 Å². The average molecular weight is 283 g/mol. The highest BCUT2D eigenvalue weighted by Gasteiger charge is 2.31. The molecule has 0 aliphatic carbocycles. The van der Waals surface area contributed by atoms with E-state index < -0.39 is 0 Å². The zero-order valence-corrected chi connectivity index (χ0v) is 14.7. The maximum absolute atomic E-state index is 3.70. The fourth-order valence-electron chi connectivity index (χ4n) is 3.54. The molecule has 1 saturated heterocycles. The van der Waals surface area contributed by atoms with Crippen LogP contribution in [0.2, 0.25) is 0 Å². The lowest BCUT2D eigenvalue weighted by Crippen LogP contribution is -2.48. The van der Waals surface area contributed by atoms with Crippen molar-refractivity contribution in [3.05, 3.63) is 0 Å². The third-order valence-electron chi connectivity index (χ3n) is 5.39. The van der Waals surface area contributed by atoms with E-state index in [-0.39, 0.29) is 0 Å². The van der Waals surface area contributed by atoms with E-state index in [4.69, 9.17) is 0 Å². The van der Waals surface area contributed by atoms with E-state index in [2.05, 4.69) is 44.8 Å². The first-order valence-corrected chi connectivity index (χ1v) is 9.04. The van der Waals surface area contributed by atoms with Gasteiger partial charge in [0.15, 0.2) is 0 Å². The van der Waals surface area contributed by atoms with E-state index in [0.717, 1.165) is 6.04 Å². The molecule has 0 bridgehead atoms. The van der Waals surface area contributed by atoms with Gasteiger partial charge in [0.1, 0.15) is 0 Å². The van der Waals surface area contributed by atoms with Gasteiger partial charge in [0, 0.05) is 25.2 Å². The molecular weight excluding hydrogens is 244 g/mol. The second-order valence-electron chi connectivity index (χ2n) is 7.12. The van der Waals surface area contributed by atoms with E-state index in [1.165, 1.54) is 64.6 Å². The standard InChI is InChI=1S/C18H38N2/c1-6-17-12-10-9-11-13-20(17)15-18(7-2,8-3)14-19-16(4)5/h16-17,19H,6-15H2,1-5H3. The van der Waals surface area contributed by atoms with Crippen molar-refractivity contribution >= 4 is 0 Å². The van der Waals surface area contributed by atoms with Gasteiger partial charge in [-0.1, -0.05) is 47.5 Å². The third-order valence-corrected chi connectivity index (χ3v) is 5.39. The molecule has 0 radical (unpaired) electrons. The Morgan fingerprint density at radius 1 is 1.10 bits per heavy atom. The lowest BCUT2D eigenvalue weighted by molar-refractivity contribution is 0.0958. The minimum Gasteiger partial charge on any atom is -0.314 e. The molecule has 0 aromatic rings. The molecule has 1 aliphatic rings. The van der Waals surface area contributed by atoms with Gasteiger partial charge in [0.05, 0.1) is 0 Å². The zero-order chi connectivity index (χ0) is 15.0. The predicted octanol–water partition coefficient (Wildman–Crippen LogP) is 4.45. The largest absolute Gasteiger partial charge is 0.314 e.